The van der Waals surface area contributed by atoms with Gasteiger partial charge in [0.15, 0.2) is 0 Å². The van der Waals surface area contributed by atoms with Gasteiger partial charge in [0.1, 0.15) is 11.9 Å². The lowest BCUT2D eigenvalue weighted by Gasteiger charge is -2.25. The lowest BCUT2D eigenvalue weighted by Crippen LogP contribution is -2.47. The van der Waals surface area contributed by atoms with E-state index >= 15 is 0 Å². The molecule has 1 aromatic carbocycles. The Balaban J connectivity index is 3.01. The first-order valence-corrected chi connectivity index (χ1v) is 8.94. The van der Waals surface area contributed by atoms with Crippen LogP contribution in [0, 0.1) is 5.82 Å². The predicted octanol–water partition coefficient (Wildman–Crippen LogP) is 1.22. The van der Waals surface area contributed by atoms with Gasteiger partial charge in [-0.05, 0) is 24.6 Å². The van der Waals surface area contributed by atoms with Crippen molar-refractivity contribution < 1.29 is 27.5 Å². The molecule has 0 radical (unpaired) electrons. The molecule has 2 N–H and O–H groups in total. The molecule has 0 saturated heterocycles. The van der Waals surface area contributed by atoms with Gasteiger partial charge < -0.3 is 10.4 Å². The Bertz CT molecular complexity index is 726. The molecule has 0 aliphatic carbocycles. The Kier molecular flexibility index (Phi) is 7.12. The van der Waals surface area contributed by atoms with Crippen molar-refractivity contribution in [1.82, 2.24) is 9.62 Å². The molecule has 1 atom stereocenters. The molecule has 24 heavy (non-hydrogen) atoms. The van der Waals surface area contributed by atoms with Crippen molar-refractivity contribution in [1.29, 1.82) is 0 Å². The number of halogens is 2. The molecule has 0 aromatic heterocycles. The van der Waals surface area contributed by atoms with Crippen molar-refractivity contribution in [3.05, 3.63) is 34.6 Å². The lowest BCUT2D eigenvalue weighted by molar-refractivity contribution is -0.140. The van der Waals surface area contributed by atoms with Crippen LogP contribution in [-0.2, 0) is 25.4 Å². The highest BCUT2D eigenvalue weighted by atomic mass is 35.5. The number of nitrogens with zero attached hydrogens (tertiary/aromatic N) is 1. The Morgan fingerprint density at radius 3 is 2.54 bits per heavy atom. The maximum atomic E-state index is 13.2. The SMILES string of the molecule is CC(=O)NCCN(C(C)C(=O)O)S(=O)(=O)Cc1ccc(F)c(Cl)c1. The Morgan fingerprint density at radius 1 is 1.42 bits per heavy atom. The summed E-state index contributed by atoms with van der Waals surface area (Å²) in [4.78, 5) is 22.1. The summed E-state index contributed by atoms with van der Waals surface area (Å²) in [5.74, 6) is -2.90. The standard InChI is InChI=1S/C14H18ClFN2O5S/c1-9(14(20)21)18(6-5-17-10(2)19)24(22,23)8-11-3-4-13(16)12(15)7-11/h3-4,7,9H,5-6,8H2,1-2H3,(H,17,19)(H,20,21). The van der Waals surface area contributed by atoms with E-state index in [0.717, 1.165) is 10.4 Å². The number of carbonyl (C=O) groups is 2. The number of carbonyl (C=O) groups excluding carboxylic acids is 1. The van der Waals surface area contributed by atoms with E-state index in [4.69, 9.17) is 16.7 Å². The summed E-state index contributed by atoms with van der Waals surface area (Å²) in [6.45, 7) is 2.26. The fourth-order valence-corrected chi connectivity index (χ4v) is 3.87. The van der Waals surface area contributed by atoms with E-state index < -0.39 is 33.6 Å². The molecule has 0 aliphatic heterocycles. The molecule has 7 nitrogen and oxygen atoms in total. The van der Waals surface area contributed by atoms with E-state index in [2.05, 4.69) is 5.32 Å². The molecule has 1 aromatic rings. The molecule has 0 aliphatic rings. The zero-order chi connectivity index (χ0) is 18.5. The summed E-state index contributed by atoms with van der Waals surface area (Å²) in [7, 11) is -4.03. The van der Waals surface area contributed by atoms with E-state index in [0.29, 0.717) is 0 Å². The summed E-state index contributed by atoms with van der Waals surface area (Å²) in [6.07, 6.45) is 0. The van der Waals surface area contributed by atoms with Crippen molar-refractivity contribution in [3.63, 3.8) is 0 Å². The smallest absolute Gasteiger partial charge is 0.321 e. The number of sulfonamides is 1. The van der Waals surface area contributed by atoms with Crippen molar-refractivity contribution in [2.45, 2.75) is 25.6 Å². The van der Waals surface area contributed by atoms with Gasteiger partial charge in [0.05, 0.1) is 10.8 Å². The van der Waals surface area contributed by atoms with Gasteiger partial charge in [0, 0.05) is 20.0 Å². The topological polar surface area (TPSA) is 104 Å². The van der Waals surface area contributed by atoms with Gasteiger partial charge in [-0.15, -0.1) is 0 Å². The van der Waals surface area contributed by atoms with Crippen molar-refractivity contribution in [2.75, 3.05) is 13.1 Å². The quantitative estimate of drug-likeness (QED) is 0.705. The number of aliphatic carboxylic acids is 1. The first-order chi connectivity index (χ1) is 11.0. The lowest BCUT2D eigenvalue weighted by atomic mass is 10.2. The number of hydrogen-bond acceptors (Lipinski definition) is 4. The molecule has 1 rings (SSSR count). The number of rotatable bonds is 8. The van der Waals surface area contributed by atoms with Gasteiger partial charge in [0.2, 0.25) is 15.9 Å². The monoisotopic (exact) mass is 380 g/mol. The number of hydrogen-bond donors (Lipinski definition) is 2. The highest BCUT2D eigenvalue weighted by Crippen LogP contribution is 2.20. The molecule has 0 heterocycles. The third-order valence-electron chi connectivity index (χ3n) is 3.19. The number of carboxylic acids is 1. The van der Waals surface area contributed by atoms with Crippen LogP contribution < -0.4 is 5.32 Å². The molecular weight excluding hydrogens is 363 g/mol. The average Bonchev–Trinajstić information content (AvgIpc) is 2.46. The Labute approximate surface area is 144 Å². The highest BCUT2D eigenvalue weighted by Gasteiger charge is 2.31. The second-order valence-corrected chi connectivity index (χ2v) is 7.44. The van der Waals surface area contributed by atoms with Crippen LogP contribution in [0.5, 0.6) is 0 Å². The molecular formula is C14H18ClFN2O5S. The minimum atomic E-state index is -4.03. The van der Waals surface area contributed by atoms with Crippen LogP contribution in [0.2, 0.25) is 5.02 Å². The summed E-state index contributed by atoms with van der Waals surface area (Å²) in [5, 5.41) is 11.3. The van der Waals surface area contributed by atoms with Crippen LogP contribution in [0.3, 0.4) is 0 Å². The number of amides is 1. The normalized spacial score (nSPS) is 12.9. The third kappa shape index (κ3) is 5.73. The molecule has 1 unspecified atom stereocenters. The summed E-state index contributed by atoms with van der Waals surface area (Å²) in [6, 6.07) is 2.15. The van der Waals surface area contributed by atoms with Gasteiger partial charge in [-0.3, -0.25) is 9.59 Å². The first-order valence-electron chi connectivity index (χ1n) is 6.95. The molecule has 134 valence electrons. The van der Waals surface area contributed by atoms with Crippen molar-refractivity contribution in [2.24, 2.45) is 0 Å². The number of nitrogens with one attached hydrogen (secondary N) is 1. The number of carboxylic acid groups (broad SMARTS) is 1. The third-order valence-corrected chi connectivity index (χ3v) is 5.39. The Hall–Kier alpha value is -1.71. The van der Waals surface area contributed by atoms with Crippen LogP contribution in [0.25, 0.3) is 0 Å². The molecule has 0 saturated carbocycles. The predicted molar refractivity (Wildman–Crippen MR) is 86.5 cm³/mol. The maximum Gasteiger partial charge on any atom is 0.321 e. The second-order valence-electron chi connectivity index (χ2n) is 5.11. The van der Waals surface area contributed by atoms with E-state index in [1.54, 1.807) is 0 Å². The summed E-state index contributed by atoms with van der Waals surface area (Å²) < 4.78 is 39.0. The maximum absolute atomic E-state index is 13.2. The minimum absolute atomic E-state index is 0.0314. The molecule has 10 heteroatoms. The van der Waals surface area contributed by atoms with Crippen LogP contribution in [-0.4, -0.2) is 48.8 Å². The molecule has 1 amide bonds. The van der Waals surface area contributed by atoms with Gasteiger partial charge in [-0.2, -0.15) is 4.31 Å². The van der Waals surface area contributed by atoms with Gasteiger partial charge in [0.25, 0.3) is 0 Å². The Morgan fingerprint density at radius 2 is 2.04 bits per heavy atom. The fraction of sp³-hybridized carbons (Fsp3) is 0.429. The highest BCUT2D eigenvalue weighted by molar-refractivity contribution is 7.88. The average molecular weight is 381 g/mol. The van der Waals surface area contributed by atoms with E-state index in [1.165, 1.54) is 26.0 Å². The van der Waals surface area contributed by atoms with Gasteiger partial charge >= 0.3 is 5.97 Å². The fourth-order valence-electron chi connectivity index (χ4n) is 1.96. The van der Waals surface area contributed by atoms with Crippen molar-refractivity contribution >= 4 is 33.5 Å². The first kappa shape index (κ1) is 20.3. The van der Waals surface area contributed by atoms with Crippen LogP contribution in [0.4, 0.5) is 4.39 Å². The van der Waals surface area contributed by atoms with Gasteiger partial charge in [-0.25, -0.2) is 12.8 Å². The summed E-state index contributed by atoms with van der Waals surface area (Å²) >= 11 is 5.63. The van der Waals surface area contributed by atoms with E-state index in [9.17, 15) is 22.4 Å². The van der Waals surface area contributed by atoms with Crippen LogP contribution in [0.1, 0.15) is 19.4 Å². The molecule has 0 bridgehead atoms. The van der Waals surface area contributed by atoms with E-state index in [1.807, 2.05) is 0 Å². The van der Waals surface area contributed by atoms with Crippen LogP contribution in [0.15, 0.2) is 18.2 Å². The van der Waals surface area contributed by atoms with E-state index in [-0.39, 0.29) is 29.6 Å². The van der Waals surface area contributed by atoms with Crippen molar-refractivity contribution in [3.8, 4) is 0 Å². The summed E-state index contributed by atoms with van der Waals surface area (Å²) in [5.41, 5.74) is 0.225. The zero-order valence-electron chi connectivity index (χ0n) is 13.1. The van der Waals surface area contributed by atoms with Crippen LogP contribution >= 0.6 is 11.6 Å². The zero-order valence-corrected chi connectivity index (χ0v) is 14.7. The molecule has 0 spiro atoms. The minimum Gasteiger partial charge on any atom is -0.480 e. The second kappa shape index (κ2) is 8.41. The molecule has 0 fully saturated rings. The number of benzene rings is 1. The largest absolute Gasteiger partial charge is 0.480 e. The van der Waals surface area contributed by atoms with Gasteiger partial charge in [-0.1, -0.05) is 17.7 Å².